The van der Waals surface area contributed by atoms with E-state index in [0.29, 0.717) is 12.6 Å². The summed E-state index contributed by atoms with van der Waals surface area (Å²) in [5, 5.41) is 10.5. The van der Waals surface area contributed by atoms with Crippen molar-refractivity contribution in [2.24, 2.45) is 0 Å². The molecule has 1 aliphatic rings. The zero-order valence-corrected chi connectivity index (χ0v) is 12.2. The Labute approximate surface area is 116 Å². The minimum absolute atomic E-state index is 0.405. The van der Waals surface area contributed by atoms with Crippen LogP contribution in [-0.4, -0.2) is 42.9 Å². The third-order valence-electron chi connectivity index (χ3n) is 3.84. The Hall–Kier alpha value is -0.900. The monoisotopic (exact) mass is 263 g/mol. The van der Waals surface area contributed by atoms with E-state index in [1.54, 1.807) is 7.11 Å². The fraction of sp³-hybridized carbons (Fsp3) is 0.625. The van der Waals surface area contributed by atoms with Crippen molar-refractivity contribution in [3.63, 3.8) is 0 Å². The van der Waals surface area contributed by atoms with Crippen molar-refractivity contribution in [2.45, 2.75) is 38.8 Å². The molecule has 1 unspecified atom stereocenters. The van der Waals surface area contributed by atoms with Gasteiger partial charge in [0, 0.05) is 26.2 Å². The van der Waals surface area contributed by atoms with Crippen LogP contribution in [0.3, 0.4) is 0 Å². The van der Waals surface area contributed by atoms with Gasteiger partial charge < -0.3 is 9.84 Å². The van der Waals surface area contributed by atoms with Gasteiger partial charge in [0.15, 0.2) is 0 Å². The van der Waals surface area contributed by atoms with Crippen molar-refractivity contribution in [1.82, 2.24) is 4.90 Å². The van der Waals surface area contributed by atoms with Crippen LogP contribution in [0.15, 0.2) is 18.2 Å². The number of aliphatic hydroxyl groups excluding tert-OH is 1. The molecule has 106 valence electrons. The highest BCUT2D eigenvalue weighted by atomic mass is 16.5. The molecule has 0 amide bonds. The lowest BCUT2D eigenvalue weighted by molar-refractivity contribution is 0.0843. The molecule has 0 aromatic heterocycles. The maximum atomic E-state index is 10.5. The van der Waals surface area contributed by atoms with Gasteiger partial charge in [-0.25, -0.2) is 0 Å². The predicted octanol–water partition coefficient (Wildman–Crippen LogP) is 2.45. The van der Waals surface area contributed by atoms with E-state index in [-0.39, 0.29) is 0 Å². The van der Waals surface area contributed by atoms with Crippen LogP contribution in [0.5, 0.6) is 0 Å². The van der Waals surface area contributed by atoms with Crippen LogP contribution in [0.1, 0.15) is 35.6 Å². The first kappa shape index (κ1) is 14.5. The summed E-state index contributed by atoms with van der Waals surface area (Å²) in [6, 6.07) is 6.91. The number of hydrogen-bond acceptors (Lipinski definition) is 3. The second kappa shape index (κ2) is 6.51. The summed E-state index contributed by atoms with van der Waals surface area (Å²) < 4.78 is 5.15. The molecule has 0 saturated heterocycles. The topological polar surface area (TPSA) is 32.7 Å². The third kappa shape index (κ3) is 4.03. The first-order chi connectivity index (χ1) is 9.11. The van der Waals surface area contributed by atoms with Crippen LogP contribution in [0.25, 0.3) is 0 Å². The largest absolute Gasteiger partial charge is 0.387 e. The molecule has 19 heavy (non-hydrogen) atoms. The molecule has 2 rings (SSSR count). The molecular formula is C16H25NO2. The number of aliphatic hydroxyl groups is 1. The van der Waals surface area contributed by atoms with Crippen LogP contribution in [-0.2, 0) is 4.74 Å². The highest BCUT2D eigenvalue weighted by Crippen LogP contribution is 2.29. The maximum absolute atomic E-state index is 10.5. The lowest BCUT2D eigenvalue weighted by Gasteiger charge is -2.25. The Bertz CT molecular complexity index is 415. The van der Waals surface area contributed by atoms with Crippen molar-refractivity contribution in [1.29, 1.82) is 0 Å². The van der Waals surface area contributed by atoms with Gasteiger partial charge in [0.05, 0.1) is 12.7 Å². The van der Waals surface area contributed by atoms with E-state index in [2.05, 4.69) is 36.9 Å². The number of methoxy groups -OCH3 is 1. The molecule has 0 heterocycles. The Balaban J connectivity index is 1.99. The maximum Gasteiger partial charge on any atom is 0.0919 e. The third-order valence-corrected chi connectivity index (χ3v) is 3.84. The molecule has 1 aliphatic carbocycles. The first-order valence-corrected chi connectivity index (χ1v) is 7.10. The molecule has 1 N–H and O–H groups in total. The van der Waals surface area contributed by atoms with E-state index >= 15 is 0 Å². The quantitative estimate of drug-likeness (QED) is 0.820. The number of nitrogens with zero attached hydrogens (tertiary/aromatic N) is 1. The molecule has 3 heteroatoms. The summed E-state index contributed by atoms with van der Waals surface area (Å²) in [6.45, 7) is 6.50. The molecular weight excluding hydrogens is 238 g/mol. The van der Waals surface area contributed by atoms with E-state index in [4.69, 9.17) is 4.74 Å². The zero-order valence-electron chi connectivity index (χ0n) is 12.2. The van der Waals surface area contributed by atoms with Gasteiger partial charge in [-0.2, -0.15) is 0 Å². The Morgan fingerprint density at radius 3 is 2.68 bits per heavy atom. The average molecular weight is 263 g/mol. The molecule has 0 spiro atoms. The van der Waals surface area contributed by atoms with Crippen molar-refractivity contribution < 1.29 is 9.84 Å². The molecule has 3 nitrogen and oxygen atoms in total. The van der Waals surface area contributed by atoms with Gasteiger partial charge in [-0.15, -0.1) is 0 Å². The van der Waals surface area contributed by atoms with Gasteiger partial charge in [0.1, 0.15) is 0 Å². The van der Waals surface area contributed by atoms with Crippen LogP contribution in [0, 0.1) is 13.8 Å². The zero-order chi connectivity index (χ0) is 13.8. The molecule has 1 saturated carbocycles. The van der Waals surface area contributed by atoms with E-state index < -0.39 is 6.10 Å². The number of benzene rings is 1. The molecule has 1 fully saturated rings. The predicted molar refractivity (Wildman–Crippen MR) is 77.3 cm³/mol. The standard InChI is InChI=1S/C16H25NO2/c1-12-4-7-15(13(2)10-12)16(18)11-17(8-9-19-3)14-5-6-14/h4,7,10,14,16,18H,5-6,8-9,11H2,1-3H3. The van der Waals surface area contributed by atoms with Gasteiger partial charge in [0.2, 0.25) is 0 Å². The lowest BCUT2D eigenvalue weighted by Crippen LogP contribution is -2.33. The van der Waals surface area contributed by atoms with Gasteiger partial charge >= 0.3 is 0 Å². The van der Waals surface area contributed by atoms with Crippen LogP contribution >= 0.6 is 0 Å². The van der Waals surface area contributed by atoms with Crippen LogP contribution < -0.4 is 0 Å². The van der Waals surface area contributed by atoms with Crippen molar-refractivity contribution in [3.8, 4) is 0 Å². The number of hydrogen-bond donors (Lipinski definition) is 1. The Morgan fingerprint density at radius 1 is 1.37 bits per heavy atom. The average Bonchev–Trinajstić information content (AvgIpc) is 3.18. The number of ether oxygens (including phenoxy) is 1. The number of aryl methyl sites for hydroxylation is 2. The Kier molecular flexibility index (Phi) is 4.97. The minimum atomic E-state index is -0.405. The summed E-state index contributed by atoms with van der Waals surface area (Å²) in [4.78, 5) is 2.35. The van der Waals surface area contributed by atoms with E-state index in [9.17, 15) is 5.11 Å². The van der Waals surface area contributed by atoms with Gasteiger partial charge in [0.25, 0.3) is 0 Å². The van der Waals surface area contributed by atoms with Gasteiger partial charge in [-0.1, -0.05) is 23.8 Å². The Morgan fingerprint density at radius 2 is 2.11 bits per heavy atom. The smallest absolute Gasteiger partial charge is 0.0919 e. The SMILES string of the molecule is COCCN(CC(O)c1ccc(C)cc1C)C1CC1. The van der Waals surface area contributed by atoms with E-state index in [1.165, 1.54) is 24.0 Å². The van der Waals surface area contributed by atoms with Crippen LogP contribution in [0.4, 0.5) is 0 Å². The first-order valence-electron chi connectivity index (χ1n) is 7.10. The van der Waals surface area contributed by atoms with Crippen molar-refractivity contribution in [3.05, 3.63) is 34.9 Å². The lowest BCUT2D eigenvalue weighted by atomic mass is 10.0. The molecule has 1 aromatic rings. The van der Waals surface area contributed by atoms with E-state index in [1.807, 2.05) is 0 Å². The molecule has 1 atom stereocenters. The fourth-order valence-electron chi connectivity index (χ4n) is 2.59. The highest BCUT2D eigenvalue weighted by molar-refractivity contribution is 5.32. The summed E-state index contributed by atoms with van der Waals surface area (Å²) in [6.07, 6.45) is 2.10. The fourth-order valence-corrected chi connectivity index (χ4v) is 2.59. The summed E-state index contributed by atoms with van der Waals surface area (Å²) >= 11 is 0. The molecule has 1 aromatic carbocycles. The normalized spacial score (nSPS) is 16.9. The van der Waals surface area contributed by atoms with Crippen LogP contribution in [0.2, 0.25) is 0 Å². The summed E-state index contributed by atoms with van der Waals surface area (Å²) in [7, 11) is 1.73. The van der Waals surface area contributed by atoms with Crippen molar-refractivity contribution in [2.75, 3.05) is 26.8 Å². The van der Waals surface area contributed by atoms with Gasteiger partial charge in [-0.3, -0.25) is 4.90 Å². The number of rotatable bonds is 7. The van der Waals surface area contributed by atoms with E-state index in [0.717, 1.165) is 18.7 Å². The summed E-state index contributed by atoms with van der Waals surface area (Å²) in [5.41, 5.74) is 3.47. The minimum Gasteiger partial charge on any atom is -0.387 e. The molecule has 0 aliphatic heterocycles. The summed E-state index contributed by atoms with van der Waals surface area (Å²) in [5.74, 6) is 0. The van der Waals surface area contributed by atoms with Gasteiger partial charge in [-0.05, 0) is 37.8 Å². The van der Waals surface area contributed by atoms with Crippen molar-refractivity contribution >= 4 is 0 Å². The second-order valence-corrected chi connectivity index (χ2v) is 5.59. The molecule has 0 bridgehead atoms. The second-order valence-electron chi connectivity index (χ2n) is 5.59. The highest BCUT2D eigenvalue weighted by Gasteiger charge is 2.30. The molecule has 0 radical (unpaired) electrons.